The normalized spacial score (nSPS) is 11.4. The molecule has 3 aromatic rings. The lowest BCUT2D eigenvalue weighted by Crippen LogP contribution is -2.34. The van der Waals surface area contributed by atoms with E-state index in [9.17, 15) is 23.1 Å². The molecular formula is C22H20F3N3O2. The van der Waals surface area contributed by atoms with E-state index in [-0.39, 0.29) is 11.5 Å². The number of benzene rings is 2. The molecule has 0 aliphatic heterocycles. The second kappa shape index (κ2) is 7.79. The van der Waals surface area contributed by atoms with Crippen molar-refractivity contribution in [3.63, 3.8) is 0 Å². The van der Waals surface area contributed by atoms with Gasteiger partial charge in [-0.1, -0.05) is 12.1 Å². The molecule has 0 spiro atoms. The second-order valence-corrected chi connectivity index (χ2v) is 7.33. The molecule has 0 atom stereocenters. The van der Waals surface area contributed by atoms with E-state index < -0.39 is 34.8 Å². The van der Waals surface area contributed by atoms with Gasteiger partial charge in [-0.25, -0.2) is 27.8 Å². The topological polar surface area (TPSA) is 79.5 Å². The molecule has 5 nitrogen and oxygen atoms in total. The van der Waals surface area contributed by atoms with Crippen molar-refractivity contribution in [3.05, 3.63) is 77.1 Å². The number of pyridine rings is 1. The number of aliphatic hydroxyl groups is 1. The minimum absolute atomic E-state index is 0.154. The number of aryl methyl sites for hydroxylation is 1. The average Bonchev–Trinajstić information content (AvgIpc) is 2.63. The largest absolute Gasteiger partial charge is 0.386 e. The van der Waals surface area contributed by atoms with Gasteiger partial charge in [-0.2, -0.15) is 0 Å². The van der Waals surface area contributed by atoms with Gasteiger partial charge in [0.1, 0.15) is 29.0 Å². The Balaban J connectivity index is 2.29. The number of amides is 2. The summed E-state index contributed by atoms with van der Waals surface area (Å²) < 4.78 is 42.3. The van der Waals surface area contributed by atoms with Gasteiger partial charge in [0.2, 0.25) is 0 Å². The number of nitrogens with two attached hydrogens (primary N) is 1. The molecule has 0 unspecified atom stereocenters. The van der Waals surface area contributed by atoms with Gasteiger partial charge < -0.3 is 10.8 Å². The number of anilines is 2. The zero-order valence-corrected chi connectivity index (χ0v) is 16.6. The van der Waals surface area contributed by atoms with Crippen LogP contribution >= 0.6 is 0 Å². The Kier molecular flexibility index (Phi) is 5.54. The second-order valence-electron chi connectivity index (χ2n) is 7.33. The van der Waals surface area contributed by atoms with Crippen LogP contribution in [-0.2, 0) is 5.60 Å². The molecule has 0 saturated carbocycles. The lowest BCUT2D eigenvalue weighted by atomic mass is 9.91. The van der Waals surface area contributed by atoms with Crippen molar-refractivity contribution in [2.45, 2.75) is 26.4 Å². The summed E-state index contributed by atoms with van der Waals surface area (Å²) in [6.07, 6.45) is 0. The third kappa shape index (κ3) is 3.99. The van der Waals surface area contributed by atoms with E-state index in [1.165, 1.54) is 44.2 Å². The van der Waals surface area contributed by atoms with E-state index >= 15 is 0 Å². The van der Waals surface area contributed by atoms with Gasteiger partial charge in [0.15, 0.2) is 0 Å². The molecule has 3 N–H and O–H groups in total. The minimum atomic E-state index is -1.34. The highest BCUT2D eigenvalue weighted by molar-refractivity contribution is 5.98. The fourth-order valence-electron chi connectivity index (χ4n) is 3.21. The van der Waals surface area contributed by atoms with Crippen LogP contribution in [0.2, 0.25) is 0 Å². The summed E-state index contributed by atoms with van der Waals surface area (Å²) in [5.74, 6) is -2.61. The first kappa shape index (κ1) is 21.3. The zero-order valence-electron chi connectivity index (χ0n) is 16.6. The average molecular weight is 415 g/mol. The van der Waals surface area contributed by atoms with E-state index in [4.69, 9.17) is 5.73 Å². The van der Waals surface area contributed by atoms with Crippen molar-refractivity contribution < 1.29 is 23.1 Å². The molecule has 0 radical (unpaired) electrons. The molecule has 2 aromatic carbocycles. The molecule has 0 aliphatic rings. The number of hydrogen-bond donors (Lipinski definition) is 2. The monoisotopic (exact) mass is 415 g/mol. The summed E-state index contributed by atoms with van der Waals surface area (Å²) in [6.45, 7) is 4.73. The van der Waals surface area contributed by atoms with Crippen LogP contribution in [0.15, 0.2) is 48.5 Å². The number of primary amides is 1. The van der Waals surface area contributed by atoms with Gasteiger partial charge in [0.05, 0.1) is 11.3 Å². The summed E-state index contributed by atoms with van der Waals surface area (Å²) in [4.78, 5) is 17.1. The third-order valence-corrected chi connectivity index (χ3v) is 4.59. The predicted octanol–water partition coefficient (Wildman–Crippen LogP) is 4.92. The molecule has 0 bridgehead atoms. The summed E-state index contributed by atoms with van der Waals surface area (Å²) >= 11 is 0. The Morgan fingerprint density at radius 1 is 1.07 bits per heavy atom. The maximum absolute atomic E-state index is 14.3. The first-order chi connectivity index (χ1) is 14.0. The number of nitrogens with zero attached hydrogens (tertiary/aromatic N) is 2. The van der Waals surface area contributed by atoms with Crippen LogP contribution in [0.3, 0.4) is 0 Å². The maximum atomic E-state index is 14.3. The number of aromatic nitrogens is 1. The number of hydrogen-bond acceptors (Lipinski definition) is 3. The molecule has 0 saturated heterocycles. The van der Waals surface area contributed by atoms with Crippen LogP contribution in [-0.4, -0.2) is 16.1 Å². The Hall–Kier alpha value is -3.39. The molecule has 0 fully saturated rings. The Morgan fingerprint density at radius 3 is 2.23 bits per heavy atom. The molecule has 156 valence electrons. The molecule has 8 heteroatoms. The first-order valence-electron chi connectivity index (χ1n) is 9.04. The lowest BCUT2D eigenvalue weighted by molar-refractivity contribution is 0.0789. The van der Waals surface area contributed by atoms with Gasteiger partial charge in [-0.15, -0.1) is 0 Å². The fourth-order valence-corrected chi connectivity index (χ4v) is 3.21. The molecule has 3 rings (SSSR count). The lowest BCUT2D eigenvalue weighted by Gasteiger charge is -2.25. The van der Waals surface area contributed by atoms with Crippen molar-refractivity contribution in [2.24, 2.45) is 5.73 Å². The number of para-hydroxylation sites is 1. The van der Waals surface area contributed by atoms with Crippen LogP contribution in [0, 0.1) is 24.4 Å². The quantitative estimate of drug-likeness (QED) is 0.635. The number of carbonyl (C=O) groups is 1. The van der Waals surface area contributed by atoms with E-state index in [1.54, 1.807) is 6.92 Å². The van der Waals surface area contributed by atoms with Crippen molar-refractivity contribution >= 4 is 17.5 Å². The third-order valence-electron chi connectivity index (χ3n) is 4.59. The first-order valence-corrected chi connectivity index (χ1v) is 9.04. The number of rotatable bonds is 4. The smallest absolute Gasteiger partial charge is 0.325 e. The summed E-state index contributed by atoms with van der Waals surface area (Å²) in [5, 5.41) is 10.6. The van der Waals surface area contributed by atoms with Crippen LogP contribution < -0.4 is 10.6 Å². The van der Waals surface area contributed by atoms with E-state index in [2.05, 4.69) is 4.98 Å². The maximum Gasteiger partial charge on any atom is 0.325 e. The molecule has 2 amide bonds. The van der Waals surface area contributed by atoms with Crippen molar-refractivity contribution in [1.82, 2.24) is 4.98 Å². The Bertz CT molecular complexity index is 1110. The fraction of sp³-hybridized carbons (Fsp3) is 0.182. The van der Waals surface area contributed by atoms with Gasteiger partial charge in [-0.3, -0.25) is 0 Å². The molecule has 1 aromatic heterocycles. The van der Waals surface area contributed by atoms with Gasteiger partial charge in [0, 0.05) is 11.1 Å². The SMILES string of the molecule is Cc1cc(F)ccc1-c1nc(N(C(N)=O)c2c(F)cccc2F)ccc1C(C)(C)O. The highest BCUT2D eigenvalue weighted by Crippen LogP contribution is 2.36. The molecular weight excluding hydrogens is 395 g/mol. The molecule has 0 aliphatic carbocycles. The number of carbonyl (C=O) groups excluding carboxylic acids is 1. The highest BCUT2D eigenvalue weighted by atomic mass is 19.1. The highest BCUT2D eigenvalue weighted by Gasteiger charge is 2.28. The Labute approximate surface area is 171 Å². The number of halogens is 3. The Morgan fingerprint density at radius 2 is 1.70 bits per heavy atom. The van der Waals surface area contributed by atoms with Crippen LogP contribution in [0.25, 0.3) is 11.3 Å². The van der Waals surface area contributed by atoms with Crippen LogP contribution in [0.1, 0.15) is 25.0 Å². The number of urea groups is 1. The van der Waals surface area contributed by atoms with E-state index in [1.807, 2.05) is 0 Å². The predicted molar refractivity (Wildman–Crippen MR) is 108 cm³/mol. The van der Waals surface area contributed by atoms with E-state index in [0.717, 1.165) is 18.2 Å². The molecule has 1 heterocycles. The van der Waals surface area contributed by atoms with Crippen LogP contribution in [0.4, 0.5) is 29.5 Å². The summed E-state index contributed by atoms with van der Waals surface area (Å²) in [6, 6.07) is 8.80. The van der Waals surface area contributed by atoms with Crippen molar-refractivity contribution in [2.75, 3.05) is 4.90 Å². The van der Waals surface area contributed by atoms with Crippen molar-refractivity contribution in [1.29, 1.82) is 0 Å². The van der Waals surface area contributed by atoms with Gasteiger partial charge in [0.25, 0.3) is 0 Å². The van der Waals surface area contributed by atoms with Crippen LogP contribution in [0.5, 0.6) is 0 Å². The van der Waals surface area contributed by atoms with Crippen molar-refractivity contribution in [3.8, 4) is 11.3 Å². The zero-order chi connectivity index (χ0) is 22.2. The summed E-state index contributed by atoms with van der Waals surface area (Å²) in [5.41, 5.74) is 5.00. The molecule has 30 heavy (non-hydrogen) atoms. The standard InChI is InChI=1S/C22H20F3N3O2/c1-12-11-13(23)7-8-14(12)19-15(22(2,3)30)9-10-18(27-19)28(21(26)29)20-16(24)5-4-6-17(20)25/h4-11,30H,1-3H3,(H2,26,29). The van der Waals surface area contributed by atoms with E-state index in [0.29, 0.717) is 21.6 Å². The van der Waals surface area contributed by atoms with Gasteiger partial charge in [-0.05, 0) is 62.7 Å². The van der Waals surface area contributed by atoms with Gasteiger partial charge >= 0.3 is 6.03 Å². The minimum Gasteiger partial charge on any atom is -0.386 e. The summed E-state index contributed by atoms with van der Waals surface area (Å²) in [7, 11) is 0.